The van der Waals surface area contributed by atoms with Gasteiger partial charge in [-0.3, -0.25) is 0 Å². The molecule has 1 heteroatoms. The van der Waals surface area contributed by atoms with Crippen molar-refractivity contribution in [2.45, 2.75) is 37.7 Å². The Morgan fingerprint density at radius 1 is 1.40 bits per heavy atom. The first-order valence-electron chi connectivity index (χ1n) is 5.50. The summed E-state index contributed by atoms with van der Waals surface area (Å²) in [5, 5.41) is 10.6. The minimum atomic E-state index is -0.679. The third kappa shape index (κ3) is 1.91. The van der Waals surface area contributed by atoms with Crippen LogP contribution in [-0.2, 0) is 12.0 Å². The van der Waals surface area contributed by atoms with Gasteiger partial charge in [-0.2, -0.15) is 0 Å². The lowest BCUT2D eigenvalue weighted by atomic mass is 9.77. The van der Waals surface area contributed by atoms with E-state index in [9.17, 15) is 5.11 Å². The first-order chi connectivity index (χ1) is 7.26. The van der Waals surface area contributed by atoms with Crippen LogP contribution < -0.4 is 0 Å². The lowest BCUT2D eigenvalue weighted by molar-refractivity contribution is 0.0115. The highest BCUT2D eigenvalue weighted by Gasteiger charge is 2.33. The van der Waals surface area contributed by atoms with Crippen LogP contribution in [0.5, 0.6) is 0 Å². The Kier molecular flexibility index (Phi) is 2.79. The number of hydrogen-bond donors (Lipinski definition) is 1. The monoisotopic (exact) mass is 200 g/mol. The lowest BCUT2D eigenvalue weighted by Gasteiger charge is -2.34. The SMILES string of the molecule is C#CCCC1(O)CCCc2ccccc21. The van der Waals surface area contributed by atoms with Crippen LogP contribution >= 0.6 is 0 Å². The zero-order valence-electron chi connectivity index (χ0n) is 8.87. The minimum Gasteiger partial charge on any atom is -0.385 e. The summed E-state index contributed by atoms with van der Waals surface area (Å²) in [6.45, 7) is 0. The molecule has 1 aromatic rings. The highest BCUT2D eigenvalue weighted by atomic mass is 16.3. The summed E-state index contributed by atoms with van der Waals surface area (Å²) in [4.78, 5) is 0. The minimum absolute atomic E-state index is 0.644. The molecule has 0 saturated heterocycles. The van der Waals surface area contributed by atoms with E-state index in [1.54, 1.807) is 0 Å². The summed E-state index contributed by atoms with van der Waals surface area (Å²) in [7, 11) is 0. The first kappa shape index (κ1) is 10.3. The van der Waals surface area contributed by atoms with Crippen LogP contribution in [0.3, 0.4) is 0 Å². The Labute approximate surface area is 91.1 Å². The van der Waals surface area contributed by atoms with Crippen molar-refractivity contribution in [1.82, 2.24) is 0 Å². The van der Waals surface area contributed by atoms with E-state index in [0.717, 1.165) is 24.8 Å². The number of terminal acetylenes is 1. The molecule has 15 heavy (non-hydrogen) atoms. The molecule has 0 saturated carbocycles. The quantitative estimate of drug-likeness (QED) is 0.728. The van der Waals surface area contributed by atoms with E-state index in [2.05, 4.69) is 12.0 Å². The van der Waals surface area contributed by atoms with Crippen molar-refractivity contribution in [2.75, 3.05) is 0 Å². The molecule has 0 heterocycles. The highest BCUT2D eigenvalue weighted by Crippen LogP contribution is 2.38. The molecule has 1 N–H and O–H groups in total. The maximum atomic E-state index is 10.6. The summed E-state index contributed by atoms with van der Waals surface area (Å²) < 4.78 is 0. The molecule has 0 aromatic heterocycles. The topological polar surface area (TPSA) is 20.2 Å². The van der Waals surface area contributed by atoms with E-state index in [1.807, 2.05) is 18.2 Å². The average Bonchev–Trinajstić information content (AvgIpc) is 2.27. The van der Waals surface area contributed by atoms with Gasteiger partial charge < -0.3 is 5.11 Å². The van der Waals surface area contributed by atoms with Gasteiger partial charge in [0.2, 0.25) is 0 Å². The zero-order valence-corrected chi connectivity index (χ0v) is 8.87. The first-order valence-corrected chi connectivity index (χ1v) is 5.50. The Morgan fingerprint density at radius 2 is 2.20 bits per heavy atom. The van der Waals surface area contributed by atoms with E-state index in [0.29, 0.717) is 12.8 Å². The van der Waals surface area contributed by atoms with Crippen LogP contribution in [0.1, 0.15) is 36.8 Å². The van der Waals surface area contributed by atoms with Crippen molar-refractivity contribution in [3.05, 3.63) is 35.4 Å². The maximum Gasteiger partial charge on any atom is 0.0908 e. The number of rotatable bonds is 2. The molecule has 1 aliphatic rings. The normalized spacial score (nSPS) is 24.3. The van der Waals surface area contributed by atoms with Crippen molar-refractivity contribution in [3.63, 3.8) is 0 Å². The maximum absolute atomic E-state index is 10.6. The van der Waals surface area contributed by atoms with Crippen LogP contribution in [0, 0.1) is 12.3 Å². The second-order valence-corrected chi connectivity index (χ2v) is 4.25. The van der Waals surface area contributed by atoms with Gasteiger partial charge in [0.15, 0.2) is 0 Å². The van der Waals surface area contributed by atoms with Gasteiger partial charge in [0.1, 0.15) is 0 Å². The molecule has 0 spiro atoms. The fourth-order valence-corrected chi connectivity index (χ4v) is 2.44. The summed E-state index contributed by atoms with van der Waals surface area (Å²) in [5.74, 6) is 2.61. The third-order valence-corrected chi connectivity index (χ3v) is 3.24. The van der Waals surface area contributed by atoms with Crippen LogP contribution in [-0.4, -0.2) is 5.11 Å². The molecule has 1 nitrogen and oxygen atoms in total. The molecule has 1 atom stereocenters. The summed E-state index contributed by atoms with van der Waals surface area (Å²) in [6, 6.07) is 8.16. The Bertz CT molecular complexity index is 389. The van der Waals surface area contributed by atoms with Gasteiger partial charge in [-0.1, -0.05) is 24.3 Å². The fraction of sp³-hybridized carbons (Fsp3) is 0.429. The number of aliphatic hydroxyl groups is 1. The molecular formula is C14H16O. The molecule has 1 aromatic carbocycles. The number of hydrogen-bond acceptors (Lipinski definition) is 1. The van der Waals surface area contributed by atoms with Crippen molar-refractivity contribution in [2.24, 2.45) is 0 Å². The van der Waals surface area contributed by atoms with Gasteiger partial charge in [0, 0.05) is 6.42 Å². The van der Waals surface area contributed by atoms with Crippen molar-refractivity contribution < 1.29 is 5.11 Å². The number of fused-ring (bicyclic) bond motifs is 1. The lowest BCUT2D eigenvalue weighted by Crippen LogP contribution is -2.30. The highest BCUT2D eigenvalue weighted by molar-refractivity contribution is 5.34. The molecule has 0 radical (unpaired) electrons. The van der Waals surface area contributed by atoms with Gasteiger partial charge in [-0.15, -0.1) is 12.3 Å². The molecule has 0 bridgehead atoms. The van der Waals surface area contributed by atoms with Crippen LogP contribution in [0.15, 0.2) is 24.3 Å². The fourth-order valence-electron chi connectivity index (χ4n) is 2.44. The molecule has 0 aliphatic heterocycles. The molecule has 1 aliphatic carbocycles. The van der Waals surface area contributed by atoms with E-state index in [4.69, 9.17) is 6.42 Å². The van der Waals surface area contributed by atoms with E-state index >= 15 is 0 Å². The molecule has 1 unspecified atom stereocenters. The molecule has 2 rings (SSSR count). The number of aryl methyl sites for hydroxylation is 1. The van der Waals surface area contributed by atoms with Crippen LogP contribution in [0.25, 0.3) is 0 Å². The van der Waals surface area contributed by atoms with Gasteiger partial charge in [0.25, 0.3) is 0 Å². The summed E-state index contributed by atoms with van der Waals surface area (Å²) in [5.41, 5.74) is 1.69. The van der Waals surface area contributed by atoms with Gasteiger partial charge >= 0.3 is 0 Å². The third-order valence-electron chi connectivity index (χ3n) is 3.24. The Morgan fingerprint density at radius 3 is 3.00 bits per heavy atom. The van der Waals surface area contributed by atoms with E-state index in [1.165, 1.54) is 5.56 Å². The summed E-state index contributed by atoms with van der Waals surface area (Å²) in [6.07, 6.45) is 9.56. The standard InChI is InChI=1S/C14H16O/c1-2-3-10-14(15)11-6-8-12-7-4-5-9-13(12)14/h1,4-5,7,9,15H,3,6,8,10-11H2. The molecule has 78 valence electrons. The van der Waals surface area contributed by atoms with Crippen molar-refractivity contribution in [1.29, 1.82) is 0 Å². The largest absolute Gasteiger partial charge is 0.385 e. The van der Waals surface area contributed by atoms with Crippen molar-refractivity contribution in [3.8, 4) is 12.3 Å². The smallest absolute Gasteiger partial charge is 0.0908 e. The second-order valence-electron chi connectivity index (χ2n) is 4.25. The van der Waals surface area contributed by atoms with E-state index < -0.39 is 5.60 Å². The molecule has 0 amide bonds. The Hall–Kier alpha value is -1.26. The average molecular weight is 200 g/mol. The summed E-state index contributed by atoms with van der Waals surface area (Å²) >= 11 is 0. The molecular weight excluding hydrogens is 184 g/mol. The van der Waals surface area contributed by atoms with Crippen LogP contribution in [0.2, 0.25) is 0 Å². The van der Waals surface area contributed by atoms with Crippen LogP contribution in [0.4, 0.5) is 0 Å². The zero-order chi connectivity index (χ0) is 10.7. The van der Waals surface area contributed by atoms with Gasteiger partial charge in [-0.05, 0) is 36.8 Å². The van der Waals surface area contributed by atoms with E-state index in [-0.39, 0.29) is 0 Å². The van der Waals surface area contributed by atoms with Gasteiger partial charge in [-0.25, -0.2) is 0 Å². The predicted molar refractivity (Wildman–Crippen MR) is 61.3 cm³/mol. The predicted octanol–water partition coefficient (Wildman–Crippen LogP) is 2.62. The molecule has 0 fully saturated rings. The van der Waals surface area contributed by atoms with Gasteiger partial charge in [0.05, 0.1) is 5.60 Å². The number of benzene rings is 1. The Balaban J connectivity index is 2.32. The van der Waals surface area contributed by atoms with Crippen molar-refractivity contribution >= 4 is 0 Å². The second kappa shape index (κ2) is 4.08.